The van der Waals surface area contributed by atoms with Gasteiger partial charge in [-0.2, -0.15) is 0 Å². The molecule has 1 aromatic rings. The third-order valence-corrected chi connectivity index (χ3v) is 2.58. The number of rotatable bonds is 8. The number of methoxy groups -OCH3 is 4. The van der Waals surface area contributed by atoms with Gasteiger partial charge in [0.1, 0.15) is 0 Å². The number of nitrogens with one attached hydrogen (secondary N) is 1. The van der Waals surface area contributed by atoms with Crippen molar-refractivity contribution >= 4 is 12.4 Å². The lowest BCUT2D eigenvalue weighted by atomic mass is 10.1. The summed E-state index contributed by atoms with van der Waals surface area (Å²) in [6.45, 7) is 2.15. The number of hydrogen-bond acceptors (Lipinski definition) is 5. The maximum atomic E-state index is 5.39. The Kier molecular flexibility index (Phi) is 9.12. The summed E-state index contributed by atoms with van der Waals surface area (Å²) < 4.78 is 20.9. The first-order valence-corrected chi connectivity index (χ1v) is 5.76. The number of benzene rings is 1. The fourth-order valence-electron chi connectivity index (χ4n) is 1.70. The van der Waals surface area contributed by atoms with Crippen molar-refractivity contribution in [3.05, 3.63) is 17.7 Å². The Morgan fingerprint density at radius 1 is 0.947 bits per heavy atom. The maximum Gasteiger partial charge on any atom is 0.203 e. The lowest BCUT2D eigenvalue weighted by molar-refractivity contribution is 0.199. The molecule has 1 N–H and O–H groups in total. The summed E-state index contributed by atoms with van der Waals surface area (Å²) in [5, 5.41) is 3.26. The molecule has 0 radical (unpaired) electrons. The van der Waals surface area contributed by atoms with Crippen LogP contribution in [-0.2, 0) is 11.3 Å². The first-order valence-electron chi connectivity index (χ1n) is 5.76. The zero-order chi connectivity index (χ0) is 13.4. The van der Waals surface area contributed by atoms with Gasteiger partial charge in [-0.15, -0.1) is 12.4 Å². The Hall–Kier alpha value is -1.17. The van der Waals surface area contributed by atoms with Gasteiger partial charge in [0, 0.05) is 25.8 Å². The van der Waals surface area contributed by atoms with Gasteiger partial charge >= 0.3 is 0 Å². The van der Waals surface area contributed by atoms with E-state index < -0.39 is 0 Å². The van der Waals surface area contributed by atoms with Crippen LogP contribution in [0.25, 0.3) is 0 Å². The van der Waals surface area contributed by atoms with Crippen molar-refractivity contribution < 1.29 is 18.9 Å². The van der Waals surface area contributed by atoms with Crippen LogP contribution < -0.4 is 19.5 Å². The minimum absolute atomic E-state index is 0. The summed E-state index contributed by atoms with van der Waals surface area (Å²) in [5.41, 5.74) is 1.02. The number of hydrogen-bond donors (Lipinski definition) is 1. The van der Waals surface area contributed by atoms with Crippen LogP contribution in [0, 0.1) is 0 Å². The minimum atomic E-state index is 0. The molecule has 19 heavy (non-hydrogen) atoms. The molecule has 5 nitrogen and oxygen atoms in total. The molecule has 0 amide bonds. The van der Waals surface area contributed by atoms with E-state index in [0.29, 0.717) is 30.4 Å². The second kappa shape index (κ2) is 9.72. The quantitative estimate of drug-likeness (QED) is 0.741. The van der Waals surface area contributed by atoms with Crippen LogP contribution in [0.2, 0.25) is 0 Å². The van der Waals surface area contributed by atoms with E-state index in [0.717, 1.165) is 12.1 Å². The molecular formula is C13H22ClNO4. The fourth-order valence-corrected chi connectivity index (χ4v) is 1.70. The van der Waals surface area contributed by atoms with Gasteiger partial charge in [-0.3, -0.25) is 0 Å². The van der Waals surface area contributed by atoms with E-state index >= 15 is 0 Å². The Bertz CT molecular complexity index is 374. The largest absolute Gasteiger partial charge is 0.493 e. The zero-order valence-corrected chi connectivity index (χ0v) is 12.6. The highest BCUT2D eigenvalue weighted by molar-refractivity contribution is 5.85. The van der Waals surface area contributed by atoms with E-state index in [9.17, 15) is 0 Å². The zero-order valence-electron chi connectivity index (χ0n) is 11.8. The Morgan fingerprint density at radius 3 is 2.16 bits per heavy atom. The third-order valence-electron chi connectivity index (χ3n) is 2.58. The summed E-state index contributed by atoms with van der Waals surface area (Å²) in [7, 11) is 6.50. The van der Waals surface area contributed by atoms with Gasteiger partial charge in [-0.25, -0.2) is 0 Å². The number of ether oxygens (including phenoxy) is 4. The topological polar surface area (TPSA) is 49.0 Å². The summed E-state index contributed by atoms with van der Waals surface area (Å²) in [4.78, 5) is 0. The van der Waals surface area contributed by atoms with Crippen molar-refractivity contribution in [2.24, 2.45) is 0 Å². The molecule has 6 heteroatoms. The van der Waals surface area contributed by atoms with Gasteiger partial charge < -0.3 is 24.3 Å². The average Bonchev–Trinajstić information content (AvgIpc) is 2.42. The maximum absolute atomic E-state index is 5.39. The van der Waals surface area contributed by atoms with Crippen molar-refractivity contribution in [1.29, 1.82) is 0 Å². The molecule has 0 saturated carbocycles. The van der Waals surface area contributed by atoms with Crippen LogP contribution in [0.15, 0.2) is 12.1 Å². The second-order valence-corrected chi connectivity index (χ2v) is 3.66. The molecule has 0 aliphatic carbocycles. The van der Waals surface area contributed by atoms with Gasteiger partial charge in [0.2, 0.25) is 5.75 Å². The van der Waals surface area contributed by atoms with Gasteiger partial charge in [0.15, 0.2) is 11.5 Å². The first-order chi connectivity index (χ1) is 8.78. The lowest BCUT2D eigenvalue weighted by Crippen LogP contribution is -2.19. The molecule has 110 valence electrons. The standard InChI is InChI=1S/C13H21NO4.ClH/c1-15-8-7-14-9-10-5-6-11(16-2)13(18-4)12(10)17-3;/h5-6,14H,7-9H2,1-4H3;1H. The van der Waals surface area contributed by atoms with Crippen LogP contribution in [0.1, 0.15) is 5.56 Å². The van der Waals surface area contributed by atoms with Gasteiger partial charge in [-0.05, 0) is 6.07 Å². The van der Waals surface area contributed by atoms with E-state index in [1.807, 2.05) is 12.1 Å². The van der Waals surface area contributed by atoms with Crippen LogP contribution >= 0.6 is 12.4 Å². The molecule has 0 aliphatic rings. The van der Waals surface area contributed by atoms with Crippen molar-refractivity contribution in [3.8, 4) is 17.2 Å². The lowest BCUT2D eigenvalue weighted by Gasteiger charge is -2.16. The molecule has 0 aromatic heterocycles. The van der Waals surface area contributed by atoms with Crippen molar-refractivity contribution in [2.75, 3.05) is 41.6 Å². The highest BCUT2D eigenvalue weighted by Crippen LogP contribution is 2.39. The molecule has 0 fully saturated rings. The van der Waals surface area contributed by atoms with Crippen LogP contribution in [-0.4, -0.2) is 41.6 Å². The summed E-state index contributed by atoms with van der Waals surface area (Å²) in [5.74, 6) is 1.97. The molecule has 1 rings (SSSR count). The normalized spacial score (nSPS) is 9.68. The molecule has 0 heterocycles. The SMILES string of the molecule is COCCNCc1ccc(OC)c(OC)c1OC.Cl. The third kappa shape index (κ3) is 4.78. The van der Waals surface area contributed by atoms with Crippen molar-refractivity contribution in [1.82, 2.24) is 5.32 Å². The molecule has 0 bridgehead atoms. The fraction of sp³-hybridized carbons (Fsp3) is 0.538. The highest BCUT2D eigenvalue weighted by atomic mass is 35.5. The molecule has 0 saturated heterocycles. The summed E-state index contributed by atoms with van der Waals surface area (Å²) in [6, 6.07) is 3.83. The Morgan fingerprint density at radius 2 is 1.63 bits per heavy atom. The van der Waals surface area contributed by atoms with Crippen LogP contribution in [0.5, 0.6) is 17.2 Å². The summed E-state index contributed by atoms with van der Waals surface area (Å²) in [6.07, 6.45) is 0. The van der Waals surface area contributed by atoms with E-state index in [4.69, 9.17) is 18.9 Å². The van der Waals surface area contributed by atoms with Gasteiger partial charge in [0.25, 0.3) is 0 Å². The Balaban J connectivity index is 0.00000324. The molecule has 0 atom stereocenters. The monoisotopic (exact) mass is 291 g/mol. The average molecular weight is 292 g/mol. The summed E-state index contributed by atoms with van der Waals surface area (Å²) >= 11 is 0. The molecule has 0 unspecified atom stereocenters. The minimum Gasteiger partial charge on any atom is -0.493 e. The first kappa shape index (κ1) is 17.8. The van der Waals surface area contributed by atoms with E-state index in [2.05, 4.69) is 5.32 Å². The molecule has 0 aliphatic heterocycles. The van der Waals surface area contributed by atoms with Crippen LogP contribution in [0.4, 0.5) is 0 Å². The van der Waals surface area contributed by atoms with Gasteiger partial charge in [-0.1, -0.05) is 6.07 Å². The molecular weight excluding hydrogens is 270 g/mol. The van der Waals surface area contributed by atoms with Crippen LogP contribution in [0.3, 0.4) is 0 Å². The predicted molar refractivity (Wildman–Crippen MR) is 76.9 cm³/mol. The number of halogens is 1. The Labute approximate surface area is 120 Å². The van der Waals surface area contributed by atoms with Gasteiger partial charge in [0.05, 0.1) is 27.9 Å². The van der Waals surface area contributed by atoms with Crippen molar-refractivity contribution in [3.63, 3.8) is 0 Å². The van der Waals surface area contributed by atoms with E-state index in [1.165, 1.54) is 0 Å². The van der Waals surface area contributed by atoms with Crippen molar-refractivity contribution in [2.45, 2.75) is 6.54 Å². The molecule has 0 spiro atoms. The van der Waals surface area contributed by atoms with E-state index in [-0.39, 0.29) is 12.4 Å². The second-order valence-electron chi connectivity index (χ2n) is 3.66. The smallest absolute Gasteiger partial charge is 0.203 e. The molecule has 1 aromatic carbocycles. The highest BCUT2D eigenvalue weighted by Gasteiger charge is 2.15. The van der Waals surface area contributed by atoms with E-state index in [1.54, 1.807) is 28.4 Å². The predicted octanol–water partition coefficient (Wildman–Crippen LogP) is 1.87.